The van der Waals surface area contributed by atoms with Crippen molar-refractivity contribution in [2.45, 2.75) is 10.9 Å². The van der Waals surface area contributed by atoms with Crippen LogP contribution in [0.4, 0.5) is 5.69 Å². The van der Waals surface area contributed by atoms with Crippen molar-refractivity contribution >= 4 is 15.7 Å². The molecule has 1 heterocycles. The van der Waals surface area contributed by atoms with Gasteiger partial charge in [0.15, 0.2) is 0 Å². The predicted octanol–water partition coefficient (Wildman–Crippen LogP) is 0.101. The van der Waals surface area contributed by atoms with Crippen LogP contribution in [0.5, 0.6) is 0 Å². The Balaban J connectivity index is 2.47. The molecule has 1 atom stereocenters. The molecule has 6 nitrogen and oxygen atoms in total. The first-order valence-corrected chi connectivity index (χ1v) is 7.98. The predicted molar refractivity (Wildman–Crippen MR) is 78.3 cm³/mol. The van der Waals surface area contributed by atoms with E-state index in [1.807, 2.05) is 17.0 Å². The molecule has 0 bridgehead atoms. The number of para-hydroxylation sites is 1. The first-order chi connectivity index (χ1) is 9.48. The summed E-state index contributed by atoms with van der Waals surface area (Å²) in [5, 5.41) is 0. The Morgan fingerprint density at radius 2 is 2.10 bits per heavy atom. The molecule has 112 valence electrons. The third-order valence-electron chi connectivity index (χ3n) is 3.43. The van der Waals surface area contributed by atoms with E-state index in [0.717, 1.165) is 0 Å². The van der Waals surface area contributed by atoms with E-state index in [9.17, 15) is 8.42 Å². The highest BCUT2D eigenvalue weighted by molar-refractivity contribution is 7.89. The molecule has 0 amide bonds. The van der Waals surface area contributed by atoms with Crippen LogP contribution < -0.4 is 10.6 Å². The summed E-state index contributed by atoms with van der Waals surface area (Å²) in [5.41, 5.74) is 6.46. The monoisotopic (exact) mass is 299 g/mol. The lowest BCUT2D eigenvalue weighted by Crippen LogP contribution is -2.50. The Bertz CT molecular complexity index is 560. The molecule has 1 aromatic carbocycles. The van der Waals surface area contributed by atoms with Gasteiger partial charge in [-0.05, 0) is 12.1 Å². The summed E-state index contributed by atoms with van der Waals surface area (Å²) in [6.07, 6.45) is 0. The summed E-state index contributed by atoms with van der Waals surface area (Å²) < 4.78 is 31.5. The van der Waals surface area contributed by atoms with E-state index in [-0.39, 0.29) is 6.04 Å². The van der Waals surface area contributed by atoms with Gasteiger partial charge in [0, 0.05) is 27.2 Å². The van der Waals surface area contributed by atoms with Crippen LogP contribution in [0.15, 0.2) is 29.2 Å². The van der Waals surface area contributed by atoms with Crippen molar-refractivity contribution in [3.05, 3.63) is 24.3 Å². The zero-order valence-corrected chi connectivity index (χ0v) is 12.6. The van der Waals surface area contributed by atoms with Crippen molar-refractivity contribution in [3.8, 4) is 0 Å². The number of ether oxygens (including phenoxy) is 1. The average molecular weight is 299 g/mol. The summed E-state index contributed by atoms with van der Waals surface area (Å²) >= 11 is 0. The average Bonchev–Trinajstić information content (AvgIpc) is 2.47. The van der Waals surface area contributed by atoms with E-state index in [1.54, 1.807) is 12.1 Å². The van der Waals surface area contributed by atoms with Gasteiger partial charge in [-0.3, -0.25) is 0 Å². The SMILES string of the molecule is CN(C)S(=O)(=O)c1ccccc1N1CCOCC1CN. The number of rotatable bonds is 4. The first-order valence-electron chi connectivity index (χ1n) is 6.54. The molecule has 1 aliphatic rings. The van der Waals surface area contributed by atoms with Crippen LogP contribution in [0.1, 0.15) is 0 Å². The fourth-order valence-corrected chi connectivity index (χ4v) is 3.37. The van der Waals surface area contributed by atoms with Crippen LogP contribution in [0.3, 0.4) is 0 Å². The molecule has 1 fully saturated rings. The minimum Gasteiger partial charge on any atom is -0.377 e. The summed E-state index contributed by atoms with van der Waals surface area (Å²) in [4.78, 5) is 2.34. The topological polar surface area (TPSA) is 75.9 Å². The Kier molecular flexibility index (Phi) is 4.64. The lowest BCUT2D eigenvalue weighted by atomic mass is 10.2. The van der Waals surface area contributed by atoms with Gasteiger partial charge < -0.3 is 15.4 Å². The first kappa shape index (κ1) is 15.2. The van der Waals surface area contributed by atoms with Gasteiger partial charge in [-0.15, -0.1) is 0 Å². The van der Waals surface area contributed by atoms with Gasteiger partial charge in [0.2, 0.25) is 10.0 Å². The molecule has 0 aliphatic carbocycles. The van der Waals surface area contributed by atoms with Crippen LogP contribution in [0.25, 0.3) is 0 Å². The Morgan fingerprint density at radius 3 is 2.75 bits per heavy atom. The van der Waals surface area contributed by atoms with E-state index < -0.39 is 10.0 Å². The highest BCUT2D eigenvalue weighted by atomic mass is 32.2. The lowest BCUT2D eigenvalue weighted by Gasteiger charge is -2.37. The molecule has 1 aromatic rings. The van der Waals surface area contributed by atoms with Crippen molar-refractivity contribution < 1.29 is 13.2 Å². The highest BCUT2D eigenvalue weighted by Gasteiger charge is 2.28. The second-order valence-electron chi connectivity index (χ2n) is 4.91. The van der Waals surface area contributed by atoms with Gasteiger partial charge in [-0.25, -0.2) is 12.7 Å². The second-order valence-corrected chi connectivity index (χ2v) is 7.03. The van der Waals surface area contributed by atoms with Gasteiger partial charge in [0.25, 0.3) is 0 Å². The molecule has 20 heavy (non-hydrogen) atoms. The summed E-state index contributed by atoms with van der Waals surface area (Å²) in [7, 11) is -0.411. The lowest BCUT2D eigenvalue weighted by molar-refractivity contribution is 0.0960. The standard InChI is InChI=1S/C13H21N3O3S/c1-15(2)20(17,18)13-6-4-3-5-12(13)16-7-8-19-10-11(16)9-14/h3-6,11H,7-10,14H2,1-2H3. The summed E-state index contributed by atoms with van der Waals surface area (Å²) in [6.45, 7) is 2.16. The van der Waals surface area contributed by atoms with Gasteiger partial charge in [0.1, 0.15) is 4.90 Å². The fraction of sp³-hybridized carbons (Fsp3) is 0.538. The summed E-state index contributed by atoms with van der Waals surface area (Å²) in [6, 6.07) is 7.03. The summed E-state index contributed by atoms with van der Waals surface area (Å²) in [5.74, 6) is 0. The van der Waals surface area contributed by atoms with Crippen molar-refractivity contribution in [1.29, 1.82) is 0 Å². The zero-order valence-electron chi connectivity index (χ0n) is 11.8. The molecule has 1 saturated heterocycles. The molecule has 0 spiro atoms. The maximum absolute atomic E-state index is 12.4. The van der Waals surface area contributed by atoms with Crippen molar-refractivity contribution in [3.63, 3.8) is 0 Å². The van der Waals surface area contributed by atoms with Crippen LogP contribution in [-0.2, 0) is 14.8 Å². The van der Waals surface area contributed by atoms with Crippen LogP contribution in [-0.4, -0.2) is 59.2 Å². The normalized spacial score (nSPS) is 20.4. The molecular weight excluding hydrogens is 278 g/mol. The number of nitrogens with two attached hydrogens (primary N) is 1. The Morgan fingerprint density at radius 1 is 1.40 bits per heavy atom. The largest absolute Gasteiger partial charge is 0.377 e. The van der Waals surface area contributed by atoms with Crippen molar-refractivity contribution in [1.82, 2.24) is 4.31 Å². The third kappa shape index (κ3) is 2.80. The maximum Gasteiger partial charge on any atom is 0.244 e. The molecule has 1 unspecified atom stereocenters. The highest BCUT2D eigenvalue weighted by Crippen LogP contribution is 2.29. The molecule has 1 aliphatic heterocycles. The molecular formula is C13H21N3O3S. The van der Waals surface area contributed by atoms with Gasteiger partial charge in [-0.1, -0.05) is 12.1 Å². The number of morpholine rings is 1. The fourth-order valence-electron chi connectivity index (χ4n) is 2.28. The van der Waals surface area contributed by atoms with E-state index >= 15 is 0 Å². The molecule has 0 aromatic heterocycles. The van der Waals surface area contributed by atoms with Crippen LogP contribution in [0.2, 0.25) is 0 Å². The molecule has 0 saturated carbocycles. The third-order valence-corrected chi connectivity index (χ3v) is 5.30. The van der Waals surface area contributed by atoms with E-state index in [1.165, 1.54) is 18.4 Å². The van der Waals surface area contributed by atoms with Crippen molar-refractivity contribution in [2.24, 2.45) is 5.73 Å². The van der Waals surface area contributed by atoms with E-state index in [4.69, 9.17) is 10.5 Å². The van der Waals surface area contributed by atoms with Crippen molar-refractivity contribution in [2.75, 3.05) is 45.3 Å². The smallest absolute Gasteiger partial charge is 0.244 e. The van der Waals surface area contributed by atoms with Gasteiger partial charge >= 0.3 is 0 Å². The molecule has 0 radical (unpaired) electrons. The van der Waals surface area contributed by atoms with Gasteiger partial charge in [0.05, 0.1) is 24.9 Å². The number of hydrogen-bond donors (Lipinski definition) is 1. The molecule has 7 heteroatoms. The number of nitrogens with zero attached hydrogens (tertiary/aromatic N) is 2. The second kappa shape index (κ2) is 6.09. The minimum atomic E-state index is -3.48. The van der Waals surface area contributed by atoms with E-state index in [2.05, 4.69) is 0 Å². The number of benzene rings is 1. The van der Waals surface area contributed by atoms with E-state index in [0.29, 0.717) is 36.9 Å². The number of anilines is 1. The number of hydrogen-bond acceptors (Lipinski definition) is 5. The van der Waals surface area contributed by atoms with Crippen LogP contribution in [0, 0.1) is 0 Å². The minimum absolute atomic E-state index is 0.00209. The van der Waals surface area contributed by atoms with Crippen LogP contribution >= 0.6 is 0 Å². The molecule has 2 rings (SSSR count). The zero-order chi connectivity index (χ0) is 14.8. The molecule has 2 N–H and O–H groups in total. The maximum atomic E-state index is 12.4. The van der Waals surface area contributed by atoms with Gasteiger partial charge in [-0.2, -0.15) is 0 Å². The Labute approximate surface area is 120 Å². The number of sulfonamides is 1. The Hall–Kier alpha value is -1.15. The quantitative estimate of drug-likeness (QED) is 0.853.